The molecule has 0 spiro atoms. The minimum atomic E-state index is -4.45. The molecule has 74 heavy (non-hydrogen) atoms. The van der Waals surface area contributed by atoms with Gasteiger partial charge in [-0.25, -0.2) is 9.59 Å². The van der Waals surface area contributed by atoms with Gasteiger partial charge in [0.2, 0.25) is 0 Å². The minimum absolute atomic E-state index is 0.113. The van der Waals surface area contributed by atoms with Gasteiger partial charge in [-0.3, -0.25) is 24.7 Å². The Morgan fingerprint density at radius 3 is 1.43 bits per heavy atom. The Hall–Kier alpha value is -8.25. The van der Waals surface area contributed by atoms with Crippen molar-refractivity contribution in [2.45, 2.75) is 84.5 Å². The molecule has 4 heterocycles. The molecule has 4 aromatic carbocycles. The minimum Gasteiger partial charge on any atom is -0.478 e. The smallest absolute Gasteiger partial charge is 0.417 e. The van der Waals surface area contributed by atoms with E-state index in [1.165, 1.54) is 23.9 Å². The van der Waals surface area contributed by atoms with Crippen LogP contribution >= 0.6 is 0 Å². The summed E-state index contributed by atoms with van der Waals surface area (Å²) in [7, 11) is 0. The van der Waals surface area contributed by atoms with Gasteiger partial charge >= 0.3 is 24.4 Å². The molecule has 8 rings (SSSR count). The lowest BCUT2D eigenvalue weighted by Gasteiger charge is -2.19. The summed E-state index contributed by atoms with van der Waals surface area (Å²) in [6.45, 7) is 9.00. The second kappa shape index (κ2) is 24.4. The highest BCUT2D eigenvalue weighted by Crippen LogP contribution is 2.32. The van der Waals surface area contributed by atoms with Gasteiger partial charge in [0.25, 0.3) is 5.91 Å². The molecule has 0 saturated carbocycles. The number of hydrogen-bond donors (Lipinski definition) is 4. The number of carboxylic acid groups (broad SMARTS) is 1. The molecule has 0 atom stereocenters. The first-order valence-electron chi connectivity index (χ1n) is 23.2. The Balaban J connectivity index is 0.000000191. The topological polar surface area (TPSA) is 182 Å². The molecule has 0 bridgehead atoms. The molecule has 0 aliphatic carbocycles. The molecule has 12 nitrogen and oxygen atoms in total. The Morgan fingerprint density at radius 2 is 0.986 bits per heavy atom. The van der Waals surface area contributed by atoms with E-state index in [4.69, 9.17) is 15.6 Å². The summed E-state index contributed by atoms with van der Waals surface area (Å²) in [6.07, 6.45) is -3.05. The van der Waals surface area contributed by atoms with E-state index >= 15 is 0 Å². The molecule has 0 unspecified atom stereocenters. The van der Waals surface area contributed by atoms with Crippen LogP contribution in [0, 0.1) is 0 Å². The zero-order valence-corrected chi connectivity index (χ0v) is 40.8. The van der Waals surface area contributed by atoms with Gasteiger partial charge in [0.05, 0.1) is 27.7 Å². The first-order valence-corrected chi connectivity index (χ1v) is 23.2. The molecule has 0 radical (unpaired) electrons. The summed E-state index contributed by atoms with van der Waals surface area (Å²) in [5, 5.41) is 15.4. The van der Waals surface area contributed by atoms with Crippen LogP contribution in [0.3, 0.4) is 0 Å². The van der Waals surface area contributed by atoms with Gasteiger partial charge in [-0.15, -0.1) is 0 Å². The molecule has 0 saturated heterocycles. The van der Waals surface area contributed by atoms with Gasteiger partial charge in [-0.2, -0.15) is 26.3 Å². The number of rotatable bonds is 12. The van der Waals surface area contributed by atoms with Crippen molar-refractivity contribution in [2.75, 3.05) is 0 Å². The summed E-state index contributed by atoms with van der Waals surface area (Å²) in [5.74, 6) is -1.27. The van der Waals surface area contributed by atoms with E-state index in [1.54, 1.807) is 54.7 Å². The second-order valence-corrected chi connectivity index (χ2v) is 18.0. The number of aromatic carboxylic acids is 1. The maximum Gasteiger partial charge on any atom is 0.417 e. The molecule has 0 fully saturated rings. The van der Waals surface area contributed by atoms with Crippen LogP contribution in [0.2, 0.25) is 0 Å². The van der Waals surface area contributed by atoms with E-state index in [0.29, 0.717) is 71.2 Å². The zero-order valence-electron chi connectivity index (χ0n) is 40.8. The normalized spacial score (nSPS) is 11.4. The predicted molar refractivity (Wildman–Crippen MR) is 269 cm³/mol. The number of nitrogens with zero attached hydrogens (tertiary/aromatic N) is 4. The summed E-state index contributed by atoms with van der Waals surface area (Å²) in [5.41, 5.74) is 12.0. The van der Waals surface area contributed by atoms with Gasteiger partial charge in [0.1, 0.15) is 5.60 Å². The maximum absolute atomic E-state index is 13.0. The monoisotopic (exact) mass is 1020 g/mol. The van der Waals surface area contributed by atoms with Crippen LogP contribution in [0.4, 0.5) is 31.1 Å². The van der Waals surface area contributed by atoms with Crippen molar-refractivity contribution < 1.29 is 50.6 Å². The average Bonchev–Trinajstić information content (AvgIpc) is 3.36. The number of aromatic nitrogens is 4. The quantitative estimate of drug-likeness (QED) is 0.0860. The van der Waals surface area contributed by atoms with E-state index in [0.717, 1.165) is 58.8 Å². The van der Waals surface area contributed by atoms with Gasteiger partial charge < -0.3 is 26.2 Å². The Labute approximate surface area is 423 Å². The molecule has 0 aliphatic heterocycles. The summed E-state index contributed by atoms with van der Waals surface area (Å²) < 4.78 is 82.5. The number of carbonyl (C=O) groups excluding carboxylic acids is 2. The first kappa shape index (κ1) is 55.1. The lowest BCUT2D eigenvalue weighted by Crippen LogP contribution is -2.32. The molecule has 4 aromatic heterocycles. The predicted octanol–water partition coefficient (Wildman–Crippen LogP) is 11.8. The number of pyridine rings is 4. The summed E-state index contributed by atoms with van der Waals surface area (Å²) in [4.78, 5) is 51.1. The maximum atomic E-state index is 13.0. The van der Waals surface area contributed by atoms with Gasteiger partial charge in [-0.05, 0) is 121 Å². The number of carbonyl (C=O) groups is 3. The third kappa shape index (κ3) is 16.7. The SMILES string of the molecule is CC(C)(C)OC(=O)NCc1ccc(CN)cc1.CCc1ccc(CNC(=O)c2ccnc(Cc3ccc4ncc(C(F)(F)F)cc4c3)c2)cc1.O=C(O)c1ccnc(Cc2ccc3ncc(C(F)(F)F)cc3c2)c1. The number of halogens is 6. The molecule has 5 N–H and O–H groups in total. The lowest BCUT2D eigenvalue weighted by atomic mass is 10.0. The van der Waals surface area contributed by atoms with Crippen LogP contribution in [0.25, 0.3) is 21.8 Å². The van der Waals surface area contributed by atoms with E-state index in [2.05, 4.69) is 37.5 Å². The molecular formula is C56H53F6N7O5. The summed E-state index contributed by atoms with van der Waals surface area (Å²) in [6, 6.07) is 34.3. The Morgan fingerprint density at radius 1 is 0.554 bits per heavy atom. The fourth-order valence-electron chi connectivity index (χ4n) is 7.19. The number of nitrogens with one attached hydrogen (secondary N) is 2. The fraction of sp³-hybridized carbons (Fsp3) is 0.232. The number of benzene rings is 4. The van der Waals surface area contributed by atoms with Crippen LogP contribution in [0.5, 0.6) is 0 Å². The standard InChI is InChI=1S/C26H22F3N3O.C17H11F3N2O2.C13H20N2O2/c1-2-17-3-5-18(6-4-17)15-32-25(33)20-9-10-30-23(14-20)12-19-7-8-24-21(11-19)13-22(16-31-24)26(27,28)29;18-17(19,20)13-7-12-5-10(1-2-15(12)22-9-13)6-14-8-11(16(23)24)3-4-21-14;1-13(2,3)17-12(16)15-9-11-6-4-10(8-14)5-7-11/h3-11,13-14,16H,2,12,15H2,1H3,(H,32,33);1-5,7-9H,6H2,(H,23,24);4-7H,8-9,14H2,1-3H3,(H,15,16). The van der Waals surface area contributed by atoms with Crippen LogP contribution < -0.4 is 16.4 Å². The number of carboxylic acids is 1. The third-order valence-corrected chi connectivity index (χ3v) is 11.0. The number of fused-ring (bicyclic) bond motifs is 2. The molecular weight excluding hydrogens is 965 g/mol. The molecule has 18 heteroatoms. The number of hydrogen-bond acceptors (Lipinski definition) is 9. The third-order valence-electron chi connectivity index (χ3n) is 11.0. The molecule has 2 amide bonds. The van der Waals surface area contributed by atoms with Crippen molar-refractivity contribution in [3.8, 4) is 0 Å². The number of ether oxygens (including phenoxy) is 1. The average molecular weight is 1020 g/mol. The first-order chi connectivity index (χ1) is 35.0. The van der Waals surface area contributed by atoms with E-state index in [-0.39, 0.29) is 11.5 Å². The number of aryl methyl sites for hydroxylation is 1. The highest BCUT2D eigenvalue weighted by molar-refractivity contribution is 5.94. The highest BCUT2D eigenvalue weighted by atomic mass is 19.4. The van der Waals surface area contributed by atoms with Crippen molar-refractivity contribution in [1.29, 1.82) is 0 Å². The number of alkyl halides is 6. The van der Waals surface area contributed by atoms with Crippen LogP contribution in [0.1, 0.15) is 104 Å². The van der Waals surface area contributed by atoms with Crippen LogP contribution in [0.15, 0.2) is 146 Å². The lowest BCUT2D eigenvalue weighted by molar-refractivity contribution is -0.138. The Bertz CT molecular complexity index is 3220. The van der Waals surface area contributed by atoms with Crippen LogP contribution in [-0.4, -0.2) is 48.6 Å². The zero-order chi connectivity index (χ0) is 53.6. The molecule has 384 valence electrons. The van der Waals surface area contributed by atoms with Crippen molar-refractivity contribution in [3.05, 3.63) is 213 Å². The van der Waals surface area contributed by atoms with E-state index in [9.17, 15) is 40.7 Å². The summed E-state index contributed by atoms with van der Waals surface area (Å²) >= 11 is 0. The second-order valence-electron chi connectivity index (χ2n) is 18.0. The number of nitrogens with two attached hydrogens (primary N) is 1. The van der Waals surface area contributed by atoms with Crippen LogP contribution in [-0.2, 0) is 56.0 Å². The van der Waals surface area contributed by atoms with Gasteiger partial charge in [0, 0.05) is 85.0 Å². The van der Waals surface area contributed by atoms with Crippen molar-refractivity contribution in [2.24, 2.45) is 5.73 Å². The van der Waals surface area contributed by atoms with Gasteiger partial charge in [-0.1, -0.05) is 67.6 Å². The van der Waals surface area contributed by atoms with Crippen molar-refractivity contribution >= 4 is 39.8 Å². The Kier molecular flexibility index (Phi) is 18.2. The van der Waals surface area contributed by atoms with E-state index in [1.807, 2.05) is 69.3 Å². The largest absolute Gasteiger partial charge is 0.478 e. The number of amides is 2. The van der Waals surface area contributed by atoms with Crippen molar-refractivity contribution in [3.63, 3.8) is 0 Å². The molecule has 8 aromatic rings. The highest BCUT2D eigenvalue weighted by Gasteiger charge is 2.32. The fourth-order valence-corrected chi connectivity index (χ4v) is 7.19. The van der Waals surface area contributed by atoms with Crippen molar-refractivity contribution in [1.82, 2.24) is 30.6 Å². The molecule has 0 aliphatic rings. The van der Waals surface area contributed by atoms with Gasteiger partial charge in [0.15, 0.2) is 0 Å². The van der Waals surface area contributed by atoms with E-state index < -0.39 is 41.1 Å². The number of alkyl carbamates (subject to hydrolysis) is 1.